The number of methoxy groups -OCH3 is 3. The van der Waals surface area contributed by atoms with Gasteiger partial charge in [0, 0.05) is 26.1 Å². The van der Waals surface area contributed by atoms with E-state index in [1.165, 1.54) is 40.6 Å². The molecule has 0 spiro atoms. The molecule has 0 saturated carbocycles. The minimum Gasteiger partial charge on any atom is -0.494 e. The van der Waals surface area contributed by atoms with Gasteiger partial charge in [0.15, 0.2) is 11.6 Å². The molecule has 3 atom stereocenters. The van der Waals surface area contributed by atoms with E-state index in [1.807, 2.05) is 0 Å². The van der Waals surface area contributed by atoms with Gasteiger partial charge in [0.2, 0.25) is 16.0 Å². The first-order valence-corrected chi connectivity index (χ1v) is 13.5. The van der Waals surface area contributed by atoms with Crippen molar-refractivity contribution in [1.29, 1.82) is 0 Å². The second-order valence-electron chi connectivity index (χ2n) is 8.35. The average molecular weight is 553 g/mol. The Kier molecular flexibility index (Phi) is 8.47. The van der Waals surface area contributed by atoms with Gasteiger partial charge in [0.05, 0.1) is 19.2 Å². The number of aromatic nitrogens is 5. The number of benzene rings is 1. The number of rotatable bonds is 10. The Morgan fingerprint density at radius 1 is 1.11 bits per heavy atom. The van der Waals surface area contributed by atoms with Crippen LogP contribution in [-0.4, -0.2) is 66.3 Å². The van der Waals surface area contributed by atoms with Crippen LogP contribution in [-0.2, 0) is 19.5 Å². The van der Waals surface area contributed by atoms with E-state index in [9.17, 15) is 8.42 Å². The summed E-state index contributed by atoms with van der Waals surface area (Å²) in [5.41, 5.74) is 0.441. The summed E-state index contributed by atoms with van der Waals surface area (Å²) in [5, 5.41) is 7.73. The predicted octanol–water partition coefficient (Wildman–Crippen LogP) is 3.49. The standard InChI is InChI=1S/C23H29ClN6O6S/c1-14(20(35-4)21-25-12-15(24)13-26-21)37(31,32)29-23-28-27-22(18-8-5-6-11-36-18)30(23)19-16(33-2)9-7-10-17(19)34-3/h7,9-10,12-14,18,20H,5-6,8,11H2,1-4H3,(H,28,29)/t14?,18-,20?/m1/s1. The highest BCUT2D eigenvalue weighted by molar-refractivity contribution is 7.93. The molecule has 0 aliphatic carbocycles. The third-order valence-corrected chi connectivity index (χ3v) is 7.97. The maximum Gasteiger partial charge on any atom is 0.243 e. The van der Waals surface area contributed by atoms with Crippen LogP contribution in [0.5, 0.6) is 11.5 Å². The van der Waals surface area contributed by atoms with Gasteiger partial charge in [-0.05, 0) is 38.3 Å². The lowest BCUT2D eigenvalue weighted by Gasteiger charge is -2.25. The summed E-state index contributed by atoms with van der Waals surface area (Å²) in [7, 11) is 0.310. The number of anilines is 1. The van der Waals surface area contributed by atoms with Gasteiger partial charge < -0.3 is 18.9 Å². The van der Waals surface area contributed by atoms with Crippen molar-refractivity contribution < 1.29 is 27.4 Å². The molecular weight excluding hydrogens is 524 g/mol. The van der Waals surface area contributed by atoms with Crippen molar-refractivity contribution in [3.63, 3.8) is 0 Å². The maximum atomic E-state index is 13.6. The molecule has 2 aromatic heterocycles. The highest BCUT2D eigenvalue weighted by Gasteiger charge is 2.36. The third-order valence-electron chi connectivity index (χ3n) is 6.08. The zero-order valence-corrected chi connectivity index (χ0v) is 22.5. The van der Waals surface area contributed by atoms with E-state index in [2.05, 4.69) is 24.9 Å². The van der Waals surface area contributed by atoms with Crippen LogP contribution in [0.1, 0.15) is 50.0 Å². The van der Waals surface area contributed by atoms with E-state index >= 15 is 0 Å². The summed E-state index contributed by atoms with van der Waals surface area (Å²) >= 11 is 5.88. The minimum absolute atomic E-state index is 0.0503. The van der Waals surface area contributed by atoms with Crippen molar-refractivity contribution >= 4 is 27.6 Å². The quantitative estimate of drug-likeness (QED) is 0.397. The second kappa shape index (κ2) is 11.6. The molecule has 14 heteroatoms. The molecule has 1 saturated heterocycles. The summed E-state index contributed by atoms with van der Waals surface area (Å²) in [4.78, 5) is 8.25. The highest BCUT2D eigenvalue weighted by Crippen LogP contribution is 2.39. The van der Waals surface area contributed by atoms with E-state index in [0.29, 0.717) is 41.1 Å². The van der Waals surface area contributed by atoms with Crippen molar-refractivity contribution in [3.8, 4) is 17.2 Å². The molecule has 0 radical (unpaired) electrons. The topological polar surface area (TPSA) is 140 Å². The van der Waals surface area contributed by atoms with Crippen molar-refractivity contribution in [2.24, 2.45) is 0 Å². The SMILES string of the molecule is COc1cccc(OC)c1-n1c(NS(=O)(=O)C(C)C(OC)c2ncc(Cl)cn2)nnc1[C@H]1CCCCO1. The lowest BCUT2D eigenvalue weighted by Crippen LogP contribution is -2.33. The fourth-order valence-electron chi connectivity index (χ4n) is 4.15. The number of nitrogens with one attached hydrogen (secondary N) is 1. The van der Waals surface area contributed by atoms with Crippen LogP contribution >= 0.6 is 11.6 Å². The van der Waals surface area contributed by atoms with E-state index in [1.54, 1.807) is 22.8 Å². The molecule has 3 aromatic rings. The highest BCUT2D eigenvalue weighted by atomic mass is 35.5. The number of ether oxygens (including phenoxy) is 4. The van der Waals surface area contributed by atoms with Crippen LogP contribution in [0.2, 0.25) is 5.02 Å². The summed E-state index contributed by atoms with van der Waals surface area (Å²) in [6, 6.07) is 5.25. The van der Waals surface area contributed by atoms with Gasteiger partial charge in [-0.2, -0.15) is 0 Å². The Morgan fingerprint density at radius 3 is 2.35 bits per heavy atom. The van der Waals surface area contributed by atoms with Gasteiger partial charge in [0.1, 0.15) is 34.6 Å². The Morgan fingerprint density at radius 2 is 1.78 bits per heavy atom. The summed E-state index contributed by atoms with van der Waals surface area (Å²) in [6.07, 6.45) is 3.97. The summed E-state index contributed by atoms with van der Waals surface area (Å²) in [5.74, 6) is 1.43. The van der Waals surface area contributed by atoms with Gasteiger partial charge in [0.25, 0.3) is 0 Å². The van der Waals surface area contributed by atoms with Crippen LogP contribution in [0.4, 0.5) is 5.95 Å². The number of sulfonamides is 1. The van der Waals surface area contributed by atoms with Crippen LogP contribution in [0.25, 0.3) is 5.69 Å². The van der Waals surface area contributed by atoms with Gasteiger partial charge in [-0.25, -0.2) is 18.4 Å². The number of hydrogen-bond donors (Lipinski definition) is 1. The predicted molar refractivity (Wildman–Crippen MR) is 136 cm³/mol. The number of nitrogens with zero attached hydrogens (tertiary/aromatic N) is 5. The first kappa shape index (κ1) is 27.0. The van der Waals surface area contributed by atoms with Gasteiger partial charge in [-0.1, -0.05) is 17.7 Å². The third kappa shape index (κ3) is 5.64. The monoisotopic (exact) mass is 552 g/mol. The molecular formula is C23H29ClN6O6S. The lowest BCUT2D eigenvalue weighted by atomic mass is 10.1. The Bertz CT molecular complexity index is 1290. The number of para-hydroxylation sites is 1. The average Bonchev–Trinajstić information content (AvgIpc) is 3.32. The Hall–Kier alpha value is -3.00. The molecule has 1 aromatic carbocycles. The van der Waals surface area contributed by atoms with Gasteiger partial charge >= 0.3 is 0 Å². The summed E-state index contributed by atoms with van der Waals surface area (Å²) < 4.78 is 53.9. The Balaban J connectivity index is 1.78. The molecule has 1 N–H and O–H groups in total. The number of halogens is 1. The maximum absolute atomic E-state index is 13.6. The molecule has 37 heavy (non-hydrogen) atoms. The van der Waals surface area contributed by atoms with Crippen LogP contribution in [0.15, 0.2) is 30.6 Å². The van der Waals surface area contributed by atoms with Gasteiger partial charge in [-0.3, -0.25) is 9.29 Å². The first-order chi connectivity index (χ1) is 17.8. The molecule has 200 valence electrons. The van der Waals surface area contributed by atoms with E-state index < -0.39 is 21.4 Å². The molecule has 1 aliphatic heterocycles. The van der Waals surface area contributed by atoms with Crippen LogP contribution in [0, 0.1) is 0 Å². The zero-order chi connectivity index (χ0) is 26.6. The van der Waals surface area contributed by atoms with E-state index in [4.69, 9.17) is 30.5 Å². The Labute approximate surface area is 220 Å². The molecule has 12 nitrogen and oxygen atoms in total. The molecule has 1 aliphatic rings. The van der Waals surface area contributed by atoms with Crippen molar-refractivity contribution in [1.82, 2.24) is 24.7 Å². The molecule has 2 unspecified atom stereocenters. The van der Waals surface area contributed by atoms with Crippen molar-refractivity contribution in [2.75, 3.05) is 32.7 Å². The van der Waals surface area contributed by atoms with Crippen molar-refractivity contribution in [3.05, 3.63) is 47.3 Å². The fourth-order valence-corrected chi connectivity index (χ4v) is 5.38. The van der Waals surface area contributed by atoms with Gasteiger partial charge in [-0.15, -0.1) is 10.2 Å². The molecule has 3 heterocycles. The van der Waals surface area contributed by atoms with Crippen LogP contribution in [0.3, 0.4) is 0 Å². The minimum atomic E-state index is -4.10. The smallest absolute Gasteiger partial charge is 0.243 e. The molecule has 0 amide bonds. The largest absolute Gasteiger partial charge is 0.494 e. The molecule has 4 rings (SSSR count). The van der Waals surface area contributed by atoms with Crippen LogP contribution < -0.4 is 14.2 Å². The number of hydrogen-bond acceptors (Lipinski definition) is 10. The summed E-state index contributed by atoms with van der Waals surface area (Å²) in [6.45, 7) is 2.05. The fraction of sp³-hybridized carbons (Fsp3) is 0.478. The van der Waals surface area contributed by atoms with Crippen molar-refractivity contribution in [2.45, 2.75) is 43.6 Å². The molecule has 1 fully saturated rings. The normalized spacial score (nSPS) is 17.7. The lowest BCUT2D eigenvalue weighted by molar-refractivity contribution is 0.00839. The zero-order valence-electron chi connectivity index (χ0n) is 20.9. The first-order valence-electron chi connectivity index (χ1n) is 11.6. The second-order valence-corrected chi connectivity index (χ2v) is 10.8. The molecule has 0 bridgehead atoms. The van der Waals surface area contributed by atoms with E-state index in [0.717, 1.165) is 12.8 Å². The van der Waals surface area contributed by atoms with E-state index in [-0.39, 0.29) is 17.9 Å².